The molecule has 0 aliphatic rings. The van der Waals surface area contributed by atoms with Crippen LogP contribution in [0, 0.1) is 6.92 Å². The summed E-state index contributed by atoms with van der Waals surface area (Å²) < 4.78 is 2.03. The summed E-state index contributed by atoms with van der Waals surface area (Å²) >= 11 is 1.64. The number of imidazole rings is 1. The maximum atomic E-state index is 10.8. The minimum Gasteiger partial charge on any atom is -0.475 e. The zero-order chi connectivity index (χ0) is 12.0. The van der Waals surface area contributed by atoms with E-state index in [4.69, 9.17) is 5.11 Å². The molecule has 0 bridgehead atoms. The minimum atomic E-state index is -1.05. The lowest BCUT2D eigenvalue weighted by Gasteiger charge is -1.98. The second-order valence-corrected chi connectivity index (χ2v) is 4.66. The van der Waals surface area contributed by atoms with E-state index in [1.807, 2.05) is 22.9 Å². The van der Waals surface area contributed by atoms with Gasteiger partial charge in [0, 0.05) is 11.6 Å². The lowest BCUT2D eigenvalue weighted by molar-refractivity contribution is 0.0685. The normalized spacial score (nSPS) is 11.1. The van der Waals surface area contributed by atoms with Crippen LogP contribution in [0.1, 0.15) is 16.2 Å². The first-order valence-electron chi connectivity index (χ1n) is 5.00. The molecule has 0 amide bonds. The molecule has 3 heterocycles. The minimum absolute atomic E-state index is 0.0374. The van der Waals surface area contributed by atoms with Crippen molar-refractivity contribution in [3.63, 3.8) is 0 Å². The van der Waals surface area contributed by atoms with E-state index in [-0.39, 0.29) is 5.82 Å². The van der Waals surface area contributed by atoms with Crippen LogP contribution in [-0.2, 0) is 0 Å². The maximum absolute atomic E-state index is 10.8. The third kappa shape index (κ3) is 1.45. The Labute approximate surface area is 100 Å². The van der Waals surface area contributed by atoms with Crippen molar-refractivity contribution in [3.05, 3.63) is 35.2 Å². The van der Waals surface area contributed by atoms with Crippen molar-refractivity contribution < 1.29 is 9.90 Å². The molecule has 0 saturated carbocycles. The van der Waals surface area contributed by atoms with Crippen molar-refractivity contribution in [2.24, 2.45) is 0 Å². The van der Waals surface area contributed by atoms with E-state index in [1.165, 1.54) is 0 Å². The number of nitrogens with one attached hydrogen (secondary N) is 1. The van der Waals surface area contributed by atoms with Crippen LogP contribution in [0.25, 0.3) is 16.2 Å². The quantitative estimate of drug-likeness (QED) is 0.730. The molecular formula is C11H9N3O2S. The van der Waals surface area contributed by atoms with E-state index in [0.29, 0.717) is 0 Å². The van der Waals surface area contributed by atoms with Gasteiger partial charge in [0.2, 0.25) is 5.82 Å². The van der Waals surface area contributed by atoms with Gasteiger partial charge in [-0.25, -0.2) is 9.78 Å². The van der Waals surface area contributed by atoms with Crippen molar-refractivity contribution in [2.45, 2.75) is 6.92 Å². The summed E-state index contributed by atoms with van der Waals surface area (Å²) in [6.07, 6.45) is 3.51. The highest BCUT2D eigenvalue weighted by atomic mass is 32.1. The average Bonchev–Trinajstić information content (AvgIpc) is 2.91. The number of nitrogens with zero attached hydrogens (tertiary/aromatic N) is 2. The first-order valence-corrected chi connectivity index (χ1v) is 5.88. The predicted molar refractivity (Wildman–Crippen MR) is 64.6 cm³/mol. The molecule has 0 aromatic carbocycles. The monoisotopic (exact) mass is 247 g/mol. The molecule has 3 aromatic rings. The molecule has 0 spiro atoms. The summed E-state index contributed by atoms with van der Waals surface area (Å²) in [5.41, 5.74) is 2.77. The Hall–Kier alpha value is -2.08. The Morgan fingerprint density at radius 1 is 1.59 bits per heavy atom. The number of aryl methyl sites for hydroxylation is 1. The van der Waals surface area contributed by atoms with Crippen LogP contribution < -0.4 is 0 Å². The lowest BCUT2D eigenvalue weighted by atomic mass is 10.2. The molecule has 3 aromatic heterocycles. The molecule has 0 aliphatic carbocycles. The van der Waals surface area contributed by atoms with Crippen LogP contribution in [-0.4, -0.2) is 25.4 Å². The highest BCUT2D eigenvalue weighted by Gasteiger charge is 2.14. The highest BCUT2D eigenvalue weighted by molar-refractivity contribution is 7.15. The molecule has 17 heavy (non-hydrogen) atoms. The fraction of sp³-hybridized carbons (Fsp3) is 0.0909. The number of fused-ring (bicyclic) bond motifs is 1. The second kappa shape index (κ2) is 3.46. The van der Waals surface area contributed by atoms with Gasteiger partial charge in [0.15, 0.2) is 0 Å². The largest absolute Gasteiger partial charge is 0.475 e. The van der Waals surface area contributed by atoms with Crippen molar-refractivity contribution in [1.29, 1.82) is 0 Å². The van der Waals surface area contributed by atoms with Crippen molar-refractivity contribution in [3.8, 4) is 11.4 Å². The molecule has 0 aliphatic heterocycles. The number of carbonyl (C=O) groups is 1. The Kier molecular flexibility index (Phi) is 2.05. The molecule has 2 N–H and O–H groups in total. The molecule has 0 fully saturated rings. The topological polar surface area (TPSA) is 70.4 Å². The van der Waals surface area contributed by atoms with Gasteiger partial charge in [-0.2, -0.15) is 0 Å². The van der Waals surface area contributed by atoms with Gasteiger partial charge in [-0.15, -0.1) is 11.3 Å². The number of H-pyrrole nitrogens is 1. The standard InChI is InChI=1S/C11H9N3O2S/c1-6-4-8-14(2-3-17-8)9(6)7-5-12-10(13-7)11(15)16/h2-5H,1H3,(H,12,13)(H,15,16). The summed E-state index contributed by atoms with van der Waals surface area (Å²) in [5.74, 6) is -1.09. The fourth-order valence-corrected chi connectivity index (χ4v) is 2.75. The van der Waals surface area contributed by atoms with Gasteiger partial charge in [0.1, 0.15) is 0 Å². The van der Waals surface area contributed by atoms with Crippen LogP contribution >= 0.6 is 11.3 Å². The number of carboxylic acids is 1. The number of hydrogen-bond acceptors (Lipinski definition) is 3. The Morgan fingerprint density at radius 2 is 2.41 bits per heavy atom. The molecule has 0 radical (unpaired) electrons. The molecule has 6 heteroatoms. The lowest BCUT2D eigenvalue weighted by Crippen LogP contribution is -1.98. The van der Waals surface area contributed by atoms with Crippen molar-refractivity contribution in [2.75, 3.05) is 0 Å². The number of rotatable bonds is 2. The fourth-order valence-electron chi connectivity index (χ4n) is 1.92. The van der Waals surface area contributed by atoms with Crippen molar-refractivity contribution >= 4 is 22.1 Å². The van der Waals surface area contributed by atoms with E-state index in [9.17, 15) is 4.79 Å². The van der Waals surface area contributed by atoms with Crippen molar-refractivity contribution in [1.82, 2.24) is 14.4 Å². The SMILES string of the molecule is Cc1cc2sccn2c1-c1cnc(C(=O)O)[nH]1. The molecule has 86 valence electrons. The number of hydrogen-bond donors (Lipinski definition) is 2. The van der Waals surface area contributed by atoms with Gasteiger partial charge >= 0.3 is 5.97 Å². The van der Waals surface area contributed by atoms with E-state index >= 15 is 0 Å². The smallest absolute Gasteiger partial charge is 0.371 e. The summed E-state index contributed by atoms with van der Waals surface area (Å²) in [5, 5.41) is 10.8. The zero-order valence-electron chi connectivity index (χ0n) is 8.97. The molecule has 0 unspecified atom stereocenters. The first-order chi connectivity index (χ1) is 8.16. The Balaban J connectivity index is 2.22. The Morgan fingerprint density at radius 3 is 3.12 bits per heavy atom. The number of aromatic amines is 1. The zero-order valence-corrected chi connectivity index (χ0v) is 9.78. The number of aromatic nitrogens is 3. The van der Waals surface area contributed by atoms with Crippen LogP contribution in [0.2, 0.25) is 0 Å². The van der Waals surface area contributed by atoms with E-state index in [0.717, 1.165) is 21.8 Å². The van der Waals surface area contributed by atoms with Crippen LogP contribution in [0.5, 0.6) is 0 Å². The molecular weight excluding hydrogens is 238 g/mol. The predicted octanol–water partition coefficient (Wildman–Crippen LogP) is 2.40. The number of carboxylic acid groups (broad SMARTS) is 1. The number of aromatic carboxylic acids is 1. The van der Waals surface area contributed by atoms with Gasteiger partial charge < -0.3 is 14.5 Å². The third-order valence-corrected chi connectivity index (χ3v) is 3.44. The number of thiazole rings is 1. The summed E-state index contributed by atoms with van der Waals surface area (Å²) in [6, 6.07) is 2.07. The van der Waals surface area contributed by atoms with Crippen LogP contribution in [0.15, 0.2) is 23.8 Å². The van der Waals surface area contributed by atoms with Crippen LogP contribution in [0.3, 0.4) is 0 Å². The highest BCUT2D eigenvalue weighted by Crippen LogP contribution is 2.28. The summed E-state index contributed by atoms with van der Waals surface area (Å²) in [6.45, 7) is 2.00. The molecule has 0 atom stereocenters. The molecule has 0 saturated heterocycles. The third-order valence-electron chi connectivity index (χ3n) is 2.62. The molecule has 3 rings (SSSR count). The summed E-state index contributed by atoms with van der Waals surface area (Å²) in [7, 11) is 0. The van der Waals surface area contributed by atoms with E-state index < -0.39 is 5.97 Å². The summed E-state index contributed by atoms with van der Waals surface area (Å²) in [4.78, 5) is 18.6. The van der Waals surface area contributed by atoms with E-state index in [2.05, 4.69) is 16.0 Å². The first kappa shape index (κ1) is 10.1. The molecule has 5 nitrogen and oxygen atoms in total. The van der Waals surface area contributed by atoms with Gasteiger partial charge in [0.25, 0.3) is 0 Å². The van der Waals surface area contributed by atoms with Gasteiger partial charge in [-0.3, -0.25) is 0 Å². The van der Waals surface area contributed by atoms with E-state index in [1.54, 1.807) is 17.5 Å². The van der Waals surface area contributed by atoms with Gasteiger partial charge in [0.05, 0.1) is 22.4 Å². The Bertz CT molecular complexity index is 707. The van der Waals surface area contributed by atoms with Crippen LogP contribution in [0.4, 0.5) is 0 Å². The van der Waals surface area contributed by atoms with Gasteiger partial charge in [-0.05, 0) is 18.6 Å². The average molecular weight is 247 g/mol. The second-order valence-electron chi connectivity index (χ2n) is 3.74. The maximum Gasteiger partial charge on any atom is 0.371 e. The van der Waals surface area contributed by atoms with Gasteiger partial charge in [-0.1, -0.05) is 0 Å².